The largest absolute Gasteiger partial charge is 0.497 e. The number of alkyl carbamates (subject to hydrolysis) is 1. The number of rotatable bonds is 6. The van der Waals surface area contributed by atoms with E-state index in [1.165, 1.54) is 24.5 Å². The van der Waals surface area contributed by atoms with Gasteiger partial charge in [-0.05, 0) is 58.4 Å². The van der Waals surface area contributed by atoms with E-state index in [1.807, 2.05) is 0 Å². The molecule has 0 aliphatic carbocycles. The molecule has 0 aromatic heterocycles. The molecular weight excluding hydrogens is 344 g/mol. The highest BCUT2D eigenvalue weighted by Gasteiger charge is 2.25. The highest BCUT2D eigenvalue weighted by molar-refractivity contribution is 7.89. The van der Waals surface area contributed by atoms with Crippen LogP contribution in [0.15, 0.2) is 23.1 Å². The van der Waals surface area contributed by atoms with Gasteiger partial charge in [0.1, 0.15) is 11.4 Å². The summed E-state index contributed by atoms with van der Waals surface area (Å²) in [7, 11) is -0.670. The molecule has 1 aromatic rings. The second kappa shape index (κ2) is 8.05. The van der Waals surface area contributed by atoms with Crippen LogP contribution in [-0.2, 0) is 14.8 Å². The fourth-order valence-electron chi connectivity index (χ4n) is 2.24. The number of ether oxygens (including phenoxy) is 2. The summed E-state index contributed by atoms with van der Waals surface area (Å²) in [5, 5.41) is 2.64. The van der Waals surface area contributed by atoms with Crippen LogP contribution >= 0.6 is 0 Å². The van der Waals surface area contributed by atoms with Gasteiger partial charge in [0.15, 0.2) is 0 Å². The van der Waals surface area contributed by atoms with Crippen LogP contribution in [0.2, 0.25) is 0 Å². The second-order valence-electron chi connectivity index (χ2n) is 6.96. The Morgan fingerprint density at radius 2 is 1.92 bits per heavy atom. The van der Waals surface area contributed by atoms with Crippen molar-refractivity contribution < 1.29 is 22.7 Å². The van der Waals surface area contributed by atoms with Crippen LogP contribution in [0, 0.1) is 6.92 Å². The topological polar surface area (TPSA) is 84.9 Å². The molecule has 0 aliphatic rings. The summed E-state index contributed by atoms with van der Waals surface area (Å²) in [4.78, 5) is 12.0. The number of likely N-dealkylation sites (N-methyl/N-ethyl adjacent to an activating group) is 1. The third kappa shape index (κ3) is 6.21. The molecular formula is C17H28N2O5S. The fraction of sp³-hybridized carbons (Fsp3) is 0.588. The summed E-state index contributed by atoms with van der Waals surface area (Å²) >= 11 is 0. The first-order valence-electron chi connectivity index (χ1n) is 7.97. The van der Waals surface area contributed by atoms with E-state index >= 15 is 0 Å². The van der Waals surface area contributed by atoms with Crippen LogP contribution < -0.4 is 10.1 Å². The average Bonchev–Trinajstić information content (AvgIpc) is 2.44. The molecule has 0 saturated heterocycles. The summed E-state index contributed by atoms with van der Waals surface area (Å²) in [6, 6.07) is 4.39. The van der Waals surface area contributed by atoms with E-state index < -0.39 is 27.8 Å². The number of methoxy groups -OCH3 is 1. The monoisotopic (exact) mass is 372 g/mol. The van der Waals surface area contributed by atoms with E-state index in [1.54, 1.807) is 46.8 Å². The zero-order valence-corrected chi connectivity index (χ0v) is 16.7. The van der Waals surface area contributed by atoms with Crippen molar-refractivity contribution >= 4 is 16.1 Å². The minimum Gasteiger partial charge on any atom is -0.497 e. The molecule has 0 aliphatic heterocycles. The zero-order valence-electron chi connectivity index (χ0n) is 15.9. The van der Waals surface area contributed by atoms with Gasteiger partial charge in [0, 0.05) is 19.6 Å². The van der Waals surface area contributed by atoms with Crippen molar-refractivity contribution in [3.63, 3.8) is 0 Å². The van der Waals surface area contributed by atoms with Crippen molar-refractivity contribution in [3.8, 4) is 5.75 Å². The molecule has 1 rings (SSSR count). The molecule has 0 bridgehead atoms. The molecule has 1 amide bonds. The Kier molecular flexibility index (Phi) is 6.84. The molecule has 1 N–H and O–H groups in total. The Balaban J connectivity index is 2.81. The Hall–Kier alpha value is -1.80. The van der Waals surface area contributed by atoms with E-state index in [4.69, 9.17) is 9.47 Å². The van der Waals surface area contributed by atoms with Crippen molar-refractivity contribution in [3.05, 3.63) is 23.8 Å². The van der Waals surface area contributed by atoms with E-state index in [0.717, 1.165) is 0 Å². The predicted molar refractivity (Wildman–Crippen MR) is 96.4 cm³/mol. The van der Waals surface area contributed by atoms with Gasteiger partial charge < -0.3 is 14.8 Å². The molecule has 7 nitrogen and oxygen atoms in total. The molecule has 142 valence electrons. The van der Waals surface area contributed by atoms with Crippen LogP contribution in [0.5, 0.6) is 5.75 Å². The number of hydrogen-bond donors (Lipinski definition) is 1. The standard InChI is InChI=1S/C17H28N2O5S/c1-12-10-14(23-7)8-9-15(12)25(21,22)19(6)11-13(2)18-16(20)24-17(3,4)5/h8-10,13H,11H2,1-7H3,(H,18,20)/t13-/m1/s1. The SMILES string of the molecule is COc1ccc(S(=O)(=O)N(C)C[C@@H](C)NC(=O)OC(C)(C)C)c(C)c1. The first kappa shape index (κ1) is 21.2. The Morgan fingerprint density at radius 3 is 2.40 bits per heavy atom. The third-order valence-electron chi connectivity index (χ3n) is 3.36. The number of nitrogens with zero attached hydrogens (tertiary/aromatic N) is 1. The molecule has 0 radical (unpaired) electrons. The zero-order chi connectivity index (χ0) is 19.4. The smallest absolute Gasteiger partial charge is 0.407 e. The van der Waals surface area contributed by atoms with Gasteiger partial charge in [-0.25, -0.2) is 13.2 Å². The van der Waals surface area contributed by atoms with Crippen LogP contribution in [0.1, 0.15) is 33.3 Å². The van der Waals surface area contributed by atoms with E-state index in [9.17, 15) is 13.2 Å². The lowest BCUT2D eigenvalue weighted by atomic mass is 10.2. The first-order chi connectivity index (χ1) is 11.4. The van der Waals surface area contributed by atoms with Gasteiger partial charge in [-0.2, -0.15) is 4.31 Å². The number of carbonyl (C=O) groups excluding carboxylic acids is 1. The van der Waals surface area contributed by atoms with Gasteiger partial charge in [0.2, 0.25) is 10.0 Å². The molecule has 0 heterocycles. The van der Waals surface area contributed by atoms with Crippen molar-refractivity contribution in [2.45, 2.75) is 51.2 Å². The lowest BCUT2D eigenvalue weighted by Gasteiger charge is -2.25. The van der Waals surface area contributed by atoms with E-state index in [2.05, 4.69) is 5.32 Å². The molecule has 0 fully saturated rings. The van der Waals surface area contributed by atoms with Crippen molar-refractivity contribution in [1.82, 2.24) is 9.62 Å². The summed E-state index contributed by atoms with van der Waals surface area (Å²) in [6.07, 6.45) is -0.577. The van der Waals surface area contributed by atoms with Gasteiger partial charge in [0.25, 0.3) is 0 Å². The summed E-state index contributed by atoms with van der Waals surface area (Å²) in [5.41, 5.74) is -0.0129. The molecule has 1 aromatic carbocycles. The number of aryl methyl sites for hydroxylation is 1. The maximum absolute atomic E-state index is 12.7. The second-order valence-corrected chi connectivity index (χ2v) is 8.98. The average molecular weight is 372 g/mol. The van der Waals surface area contributed by atoms with Gasteiger partial charge in [-0.1, -0.05) is 0 Å². The fourth-order valence-corrected chi connectivity index (χ4v) is 3.71. The number of sulfonamides is 1. The Labute approximate surface area is 150 Å². The van der Waals surface area contributed by atoms with E-state index in [0.29, 0.717) is 11.3 Å². The number of amides is 1. The summed E-state index contributed by atoms with van der Waals surface area (Å²) < 4.78 is 37.0. The normalized spacial score (nSPS) is 13.4. The molecule has 0 spiro atoms. The minimum atomic E-state index is -3.67. The molecule has 25 heavy (non-hydrogen) atoms. The maximum atomic E-state index is 12.7. The number of nitrogens with one attached hydrogen (secondary N) is 1. The van der Waals surface area contributed by atoms with Crippen LogP contribution in [-0.4, -0.2) is 51.2 Å². The van der Waals surface area contributed by atoms with Crippen LogP contribution in [0.3, 0.4) is 0 Å². The van der Waals surface area contributed by atoms with Crippen molar-refractivity contribution in [1.29, 1.82) is 0 Å². The summed E-state index contributed by atoms with van der Waals surface area (Å²) in [6.45, 7) is 8.84. The number of hydrogen-bond acceptors (Lipinski definition) is 5. The minimum absolute atomic E-state index is 0.118. The van der Waals surface area contributed by atoms with Crippen molar-refractivity contribution in [2.75, 3.05) is 20.7 Å². The lowest BCUT2D eigenvalue weighted by Crippen LogP contribution is -2.44. The van der Waals surface area contributed by atoms with Gasteiger partial charge in [-0.3, -0.25) is 0 Å². The quantitative estimate of drug-likeness (QED) is 0.829. The Morgan fingerprint density at radius 1 is 1.32 bits per heavy atom. The Bertz CT molecular complexity index is 710. The lowest BCUT2D eigenvalue weighted by molar-refractivity contribution is 0.0504. The first-order valence-corrected chi connectivity index (χ1v) is 9.41. The molecule has 8 heteroatoms. The van der Waals surface area contributed by atoms with Crippen molar-refractivity contribution in [2.24, 2.45) is 0 Å². The molecule has 1 atom stereocenters. The van der Waals surface area contributed by atoms with Crippen LogP contribution in [0.4, 0.5) is 4.79 Å². The highest BCUT2D eigenvalue weighted by atomic mass is 32.2. The van der Waals surface area contributed by atoms with Gasteiger partial charge in [0.05, 0.1) is 12.0 Å². The number of benzene rings is 1. The number of carbonyl (C=O) groups is 1. The predicted octanol–water partition coefficient (Wildman–Crippen LogP) is 2.54. The maximum Gasteiger partial charge on any atom is 0.407 e. The molecule has 0 unspecified atom stereocenters. The van der Waals surface area contributed by atoms with Crippen LogP contribution in [0.25, 0.3) is 0 Å². The molecule has 0 saturated carbocycles. The third-order valence-corrected chi connectivity index (χ3v) is 5.35. The van der Waals surface area contributed by atoms with Gasteiger partial charge in [-0.15, -0.1) is 0 Å². The van der Waals surface area contributed by atoms with E-state index in [-0.39, 0.29) is 11.4 Å². The van der Waals surface area contributed by atoms with Gasteiger partial charge >= 0.3 is 6.09 Å². The summed E-state index contributed by atoms with van der Waals surface area (Å²) in [5.74, 6) is 0.596. The highest BCUT2D eigenvalue weighted by Crippen LogP contribution is 2.23.